The maximum atomic E-state index is 12.5. The van der Waals surface area contributed by atoms with E-state index in [0.29, 0.717) is 13.1 Å². The van der Waals surface area contributed by atoms with Crippen molar-refractivity contribution in [2.24, 2.45) is 0 Å². The smallest absolute Gasteiger partial charge is 0.270 e. The van der Waals surface area contributed by atoms with Gasteiger partial charge in [0.25, 0.3) is 5.91 Å². The third-order valence-corrected chi connectivity index (χ3v) is 4.57. The van der Waals surface area contributed by atoms with Crippen LogP contribution in [0.15, 0.2) is 60.7 Å². The van der Waals surface area contributed by atoms with E-state index < -0.39 is 5.91 Å². The van der Waals surface area contributed by atoms with Crippen LogP contribution in [0.5, 0.6) is 0 Å². The molecular weight excluding hydrogens is 362 g/mol. The molecule has 6 heteroatoms. The Kier molecular flexibility index (Phi) is 6.04. The number of aromatic nitrogens is 1. The molecule has 0 spiro atoms. The Morgan fingerprint density at radius 1 is 1.07 bits per heavy atom. The van der Waals surface area contributed by atoms with E-state index in [9.17, 15) is 9.59 Å². The maximum Gasteiger partial charge on any atom is 0.270 e. The second-order valence-electron chi connectivity index (χ2n) is 6.10. The molecule has 0 fully saturated rings. The summed E-state index contributed by atoms with van der Waals surface area (Å²) in [6.07, 6.45) is 0. The second kappa shape index (κ2) is 8.64. The maximum absolute atomic E-state index is 12.5. The molecule has 5 nitrogen and oxygen atoms in total. The number of nitrogens with zero attached hydrogens (tertiary/aromatic N) is 2. The monoisotopic (exact) mass is 381 g/mol. The topological polar surface area (TPSA) is 62.3 Å². The molecule has 0 aliphatic carbocycles. The van der Waals surface area contributed by atoms with Crippen molar-refractivity contribution in [1.29, 1.82) is 0 Å². The van der Waals surface area contributed by atoms with E-state index in [1.807, 2.05) is 61.5 Å². The van der Waals surface area contributed by atoms with Gasteiger partial charge in [-0.1, -0.05) is 66.2 Å². The van der Waals surface area contributed by atoms with Gasteiger partial charge >= 0.3 is 0 Å². The van der Waals surface area contributed by atoms with E-state index in [1.165, 1.54) is 0 Å². The van der Waals surface area contributed by atoms with Gasteiger partial charge in [-0.2, -0.15) is 0 Å². The van der Waals surface area contributed by atoms with Gasteiger partial charge in [0, 0.05) is 18.5 Å². The summed E-state index contributed by atoms with van der Waals surface area (Å²) in [5, 5.41) is 4.52. The Morgan fingerprint density at radius 2 is 1.78 bits per heavy atom. The molecule has 0 saturated heterocycles. The number of hydrogen-bond acceptors (Lipinski definition) is 3. The summed E-state index contributed by atoms with van der Waals surface area (Å²) in [5.74, 6) is -0.576. The predicted molar refractivity (Wildman–Crippen MR) is 107 cm³/mol. The summed E-state index contributed by atoms with van der Waals surface area (Å²) >= 11 is 6.17. The zero-order valence-electron chi connectivity index (χ0n) is 15.0. The molecule has 0 aliphatic rings. The Labute approximate surface area is 163 Å². The summed E-state index contributed by atoms with van der Waals surface area (Å²) in [7, 11) is 0. The highest BCUT2D eigenvalue weighted by molar-refractivity contribution is 6.34. The van der Waals surface area contributed by atoms with Crippen LogP contribution in [0, 0.1) is 0 Å². The number of amides is 2. The lowest BCUT2D eigenvalue weighted by molar-refractivity contribution is -0.130. The van der Waals surface area contributed by atoms with Crippen LogP contribution in [-0.2, 0) is 11.3 Å². The van der Waals surface area contributed by atoms with Crippen molar-refractivity contribution in [1.82, 2.24) is 15.2 Å². The van der Waals surface area contributed by atoms with Gasteiger partial charge in [0.2, 0.25) is 5.91 Å². The first-order chi connectivity index (χ1) is 13.1. The molecule has 1 heterocycles. The van der Waals surface area contributed by atoms with Crippen LogP contribution < -0.4 is 5.32 Å². The van der Waals surface area contributed by atoms with Crippen molar-refractivity contribution in [3.05, 3.63) is 77.1 Å². The number of benzene rings is 2. The number of pyridine rings is 1. The normalized spacial score (nSPS) is 10.6. The molecule has 27 heavy (non-hydrogen) atoms. The zero-order valence-corrected chi connectivity index (χ0v) is 15.7. The fraction of sp³-hybridized carbons (Fsp3) is 0.190. The van der Waals surface area contributed by atoms with Crippen LogP contribution in [0.25, 0.3) is 10.8 Å². The molecule has 138 valence electrons. The standard InChI is InChI=1S/C21H20ClN3O2/c1-2-25(14-15-8-4-3-5-9-15)19(26)13-23-21(27)18-12-16-10-6-7-11-17(16)20(22)24-18/h3-12H,2,13-14H2,1H3,(H,23,27). The SMILES string of the molecule is CCN(Cc1ccccc1)C(=O)CNC(=O)c1cc2ccccc2c(Cl)n1. The third-order valence-electron chi connectivity index (χ3n) is 4.28. The lowest BCUT2D eigenvalue weighted by Gasteiger charge is -2.21. The quantitative estimate of drug-likeness (QED) is 0.663. The Balaban J connectivity index is 1.65. The number of rotatable bonds is 6. The van der Waals surface area contributed by atoms with Gasteiger partial charge < -0.3 is 10.2 Å². The molecule has 0 unspecified atom stereocenters. The highest BCUT2D eigenvalue weighted by Gasteiger charge is 2.16. The van der Waals surface area contributed by atoms with E-state index in [0.717, 1.165) is 16.3 Å². The predicted octanol–water partition coefficient (Wildman–Crippen LogP) is 3.67. The minimum Gasteiger partial charge on any atom is -0.342 e. The fourth-order valence-electron chi connectivity index (χ4n) is 2.81. The lowest BCUT2D eigenvalue weighted by Crippen LogP contribution is -2.40. The largest absolute Gasteiger partial charge is 0.342 e. The summed E-state index contributed by atoms with van der Waals surface area (Å²) in [5.41, 5.74) is 1.24. The first-order valence-corrected chi connectivity index (χ1v) is 9.11. The Morgan fingerprint density at radius 3 is 2.52 bits per heavy atom. The van der Waals surface area contributed by atoms with E-state index in [4.69, 9.17) is 11.6 Å². The van der Waals surface area contributed by atoms with Gasteiger partial charge in [-0.05, 0) is 23.9 Å². The molecule has 0 radical (unpaired) electrons. The van der Waals surface area contributed by atoms with Crippen molar-refractivity contribution in [3.63, 3.8) is 0 Å². The zero-order chi connectivity index (χ0) is 19.2. The van der Waals surface area contributed by atoms with Crippen LogP contribution in [0.4, 0.5) is 0 Å². The summed E-state index contributed by atoms with van der Waals surface area (Å²) < 4.78 is 0. The molecule has 3 aromatic rings. The van der Waals surface area contributed by atoms with E-state index in [1.54, 1.807) is 11.0 Å². The van der Waals surface area contributed by atoms with Crippen molar-refractivity contribution in [3.8, 4) is 0 Å². The summed E-state index contributed by atoms with van der Waals surface area (Å²) in [6, 6.07) is 18.8. The van der Waals surface area contributed by atoms with Gasteiger partial charge in [-0.15, -0.1) is 0 Å². The van der Waals surface area contributed by atoms with Crippen molar-refractivity contribution in [2.45, 2.75) is 13.5 Å². The van der Waals surface area contributed by atoms with Crippen LogP contribution in [0.3, 0.4) is 0 Å². The third kappa shape index (κ3) is 4.63. The molecule has 2 aromatic carbocycles. The van der Waals surface area contributed by atoms with E-state index >= 15 is 0 Å². The molecule has 0 saturated carbocycles. The summed E-state index contributed by atoms with van der Waals surface area (Å²) in [4.78, 5) is 30.7. The number of carbonyl (C=O) groups is 2. The number of fused-ring (bicyclic) bond motifs is 1. The first kappa shape index (κ1) is 18.9. The van der Waals surface area contributed by atoms with Crippen LogP contribution in [0.2, 0.25) is 5.15 Å². The van der Waals surface area contributed by atoms with Crippen molar-refractivity contribution < 1.29 is 9.59 Å². The number of hydrogen-bond donors (Lipinski definition) is 1. The van der Waals surface area contributed by atoms with Gasteiger partial charge in [0.05, 0.1) is 6.54 Å². The fourth-order valence-corrected chi connectivity index (χ4v) is 3.07. The molecule has 1 N–H and O–H groups in total. The number of halogens is 1. The molecule has 3 rings (SSSR count). The molecule has 0 atom stereocenters. The Bertz CT molecular complexity index is 960. The average Bonchev–Trinajstić information content (AvgIpc) is 2.70. The number of carbonyl (C=O) groups excluding carboxylic acids is 2. The molecular formula is C21H20ClN3O2. The average molecular weight is 382 g/mol. The van der Waals surface area contributed by atoms with Crippen molar-refractivity contribution in [2.75, 3.05) is 13.1 Å². The second-order valence-corrected chi connectivity index (χ2v) is 6.45. The van der Waals surface area contributed by atoms with E-state index in [2.05, 4.69) is 10.3 Å². The van der Waals surface area contributed by atoms with Crippen LogP contribution in [0.1, 0.15) is 23.0 Å². The first-order valence-electron chi connectivity index (χ1n) is 8.73. The minimum absolute atomic E-state index is 0.0916. The summed E-state index contributed by atoms with van der Waals surface area (Å²) in [6.45, 7) is 2.88. The van der Waals surface area contributed by atoms with Crippen molar-refractivity contribution >= 4 is 34.2 Å². The van der Waals surface area contributed by atoms with E-state index in [-0.39, 0.29) is 23.3 Å². The minimum atomic E-state index is -0.424. The molecule has 2 amide bonds. The van der Waals surface area contributed by atoms with Gasteiger partial charge in [0.1, 0.15) is 10.8 Å². The van der Waals surface area contributed by atoms with Gasteiger partial charge in [-0.25, -0.2) is 4.98 Å². The molecule has 0 bridgehead atoms. The highest BCUT2D eigenvalue weighted by atomic mass is 35.5. The van der Waals surface area contributed by atoms with Gasteiger partial charge in [-0.3, -0.25) is 9.59 Å². The molecule has 0 aliphatic heterocycles. The highest BCUT2D eigenvalue weighted by Crippen LogP contribution is 2.22. The number of nitrogens with one attached hydrogen (secondary N) is 1. The number of likely N-dealkylation sites (N-methyl/N-ethyl adjacent to an activating group) is 1. The Hall–Kier alpha value is -2.92. The molecule has 1 aromatic heterocycles. The van der Waals surface area contributed by atoms with Crippen LogP contribution >= 0.6 is 11.6 Å². The van der Waals surface area contributed by atoms with Crippen LogP contribution in [-0.4, -0.2) is 34.8 Å². The lowest BCUT2D eigenvalue weighted by atomic mass is 10.1. The van der Waals surface area contributed by atoms with Gasteiger partial charge in [0.15, 0.2) is 0 Å².